The fourth-order valence-electron chi connectivity index (χ4n) is 4.81. The predicted molar refractivity (Wildman–Crippen MR) is 144 cm³/mol. The lowest BCUT2D eigenvalue weighted by molar-refractivity contribution is -0.143. The number of aromatic amines is 1. The minimum absolute atomic E-state index is 0.130. The molecule has 0 aromatic carbocycles. The van der Waals surface area contributed by atoms with Gasteiger partial charge in [0.1, 0.15) is 0 Å². The van der Waals surface area contributed by atoms with Gasteiger partial charge in [-0.25, -0.2) is 0 Å². The molecule has 1 saturated heterocycles. The molecule has 6 nitrogen and oxygen atoms in total. The van der Waals surface area contributed by atoms with Crippen LogP contribution in [0.3, 0.4) is 0 Å². The molecule has 4 atom stereocenters. The third-order valence-corrected chi connectivity index (χ3v) is 8.04. The Kier molecular flexibility index (Phi) is 8.63. The van der Waals surface area contributed by atoms with Crippen molar-refractivity contribution in [3.63, 3.8) is 0 Å². The Labute approximate surface area is 212 Å². The van der Waals surface area contributed by atoms with Gasteiger partial charge in [-0.2, -0.15) is 0 Å². The fraction of sp³-hybridized carbons (Fsp3) is 0.536. The first-order valence-electron chi connectivity index (χ1n) is 12.8. The largest absolute Gasteiger partial charge is 0.466 e. The maximum absolute atomic E-state index is 11.8. The zero-order valence-corrected chi connectivity index (χ0v) is 21.9. The minimum Gasteiger partial charge on any atom is -0.466 e. The van der Waals surface area contributed by atoms with Crippen molar-refractivity contribution in [2.45, 2.75) is 69.1 Å². The minimum atomic E-state index is -0.859. The zero-order chi connectivity index (χ0) is 24.8. The number of nitrogens with one attached hydrogen (secondary N) is 3. The molecule has 0 radical (unpaired) electrons. The Morgan fingerprint density at radius 2 is 2.26 bits per heavy atom. The van der Waals surface area contributed by atoms with Crippen LogP contribution in [0.25, 0.3) is 11.8 Å². The third kappa shape index (κ3) is 7.15. The standard InChI is InChI=1S/C28H39N3O3S/c1-4-34-25(32)15-22-17-29-27(35-22)24-14-21-12-7-13-23(26(21)31-24)30-18-28(3,33)16-20-10-5-8-19(2)9-6-11-20/h5-6,8,10-12,14,19,22,27,29-31,33H,4,7,9,13,15-18H2,1-3H3. The normalized spacial score (nSPS) is 25.7. The fourth-order valence-corrected chi connectivity index (χ4v) is 6.08. The molecular formula is C28H39N3O3S. The van der Waals surface area contributed by atoms with E-state index in [0.717, 1.165) is 48.1 Å². The number of carbonyl (C=O) groups is 1. The molecule has 4 unspecified atom stereocenters. The summed E-state index contributed by atoms with van der Waals surface area (Å²) in [4.78, 5) is 15.5. The number of esters is 1. The first-order chi connectivity index (χ1) is 16.8. The molecule has 4 N–H and O–H groups in total. The van der Waals surface area contributed by atoms with Gasteiger partial charge in [0.05, 0.1) is 29.4 Å². The maximum Gasteiger partial charge on any atom is 0.306 e. The molecular weight excluding hydrogens is 458 g/mol. The van der Waals surface area contributed by atoms with Gasteiger partial charge < -0.3 is 20.1 Å². The molecule has 1 aromatic heterocycles. The summed E-state index contributed by atoms with van der Waals surface area (Å²) in [7, 11) is 0. The summed E-state index contributed by atoms with van der Waals surface area (Å²) < 4.78 is 5.11. The molecule has 0 spiro atoms. The van der Waals surface area contributed by atoms with Crippen molar-refractivity contribution >= 4 is 29.5 Å². The average Bonchev–Trinajstić information content (AvgIpc) is 3.43. The van der Waals surface area contributed by atoms with Gasteiger partial charge in [-0.3, -0.25) is 10.1 Å². The monoisotopic (exact) mass is 497 g/mol. The highest BCUT2D eigenvalue weighted by molar-refractivity contribution is 8.00. The number of aliphatic hydroxyl groups is 1. The average molecular weight is 498 g/mol. The molecule has 1 fully saturated rings. The molecule has 190 valence electrons. The Bertz CT molecular complexity index is 1110. The number of rotatable bonds is 9. The van der Waals surface area contributed by atoms with Gasteiger partial charge in [0.15, 0.2) is 0 Å². The molecule has 1 aromatic rings. The molecule has 2 aliphatic carbocycles. The first-order valence-corrected chi connectivity index (χ1v) is 13.7. The van der Waals surface area contributed by atoms with Crippen molar-refractivity contribution in [1.82, 2.24) is 15.6 Å². The van der Waals surface area contributed by atoms with Gasteiger partial charge in [-0.15, -0.1) is 11.8 Å². The van der Waals surface area contributed by atoms with Crippen LogP contribution in [-0.4, -0.2) is 46.6 Å². The van der Waals surface area contributed by atoms with Crippen LogP contribution in [0, 0.1) is 5.92 Å². The summed E-state index contributed by atoms with van der Waals surface area (Å²) in [5.41, 5.74) is 2.56. The van der Waals surface area contributed by atoms with Crippen molar-refractivity contribution < 1.29 is 14.6 Å². The van der Waals surface area contributed by atoms with Crippen LogP contribution < -0.4 is 21.2 Å². The van der Waals surface area contributed by atoms with Crippen LogP contribution in [0.2, 0.25) is 0 Å². The smallest absolute Gasteiger partial charge is 0.306 e. The summed E-state index contributed by atoms with van der Waals surface area (Å²) >= 11 is 1.78. The van der Waals surface area contributed by atoms with Gasteiger partial charge in [0.2, 0.25) is 0 Å². The zero-order valence-electron chi connectivity index (χ0n) is 21.1. The molecule has 3 aliphatic rings. The predicted octanol–water partition coefficient (Wildman–Crippen LogP) is 3.16. The Morgan fingerprint density at radius 3 is 3.09 bits per heavy atom. The highest BCUT2D eigenvalue weighted by Gasteiger charge is 2.29. The van der Waals surface area contributed by atoms with E-state index in [1.807, 2.05) is 13.8 Å². The van der Waals surface area contributed by atoms with E-state index in [-0.39, 0.29) is 16.6 Å². The molecule has 7 heteroatoms. The van der Waals surface area contributed by atoms with E-state index >= 15 is 0 Å². The van der Waals surface area contributed by atoms with Crippen molar-refractivity contribution in [1.29, 1.82) is 0 Å². The van der Waals surface area contributed by atoms with Crippen molar-refractivity contribution in [2.75, 3.05) is 19.7 Å². The van der Waals surface area contributed by atoms with E-state index in [0.29, 0.717) is 31.9 Å². The molecule has 0 bridgehead atoms. The number of ether oxygens (including phenoxy) is 1. The van der Waals surface area contributed by atoms with Crippen LogP contribution in [-0.2, 0) is 9.53 Å². The molecule has 35 heavy (non-hydrogen) atoms. The molecule has 2 heterocycles. The lowest BCUT2D eigenvalue weighted by Crippen LogP contribution is -2.41. The lowest BCUT2D eigenvalue weighted by Gasteiger charge is -2.26. The Morgan fingerprint density at radius 1 is 1.40 bits per heavy atom. The van der Waals surface area contributed by atoms with Gasteiger partial charge in [0.25, 0.3) is 0 Å². The van der Waals surface area contributed by atoms with Crippen molar-refractivity contribution in [3.05, 3.63) is 58.3 Å². The van der Waals surface area contributed by atoms with Gasteiger partial charge in [-0.1, -0.05) is 43.4 Å². The second kappa shape index (κ2) is 11.7. The Balaban J connectivity index is 1.41. The van der Waals surface area contributed by atoms with E-state index in [9.17, 15) is 9.90 Å². The van der Waals surface area contributed by atoms with E-state index < -0.39 is 5.60 Å². The topological polar surface area (TPSA) is 86.4 Å². The summed E-state index contributed by atoms with van der Waals surface area (Å²) in [5.74, 6) is 0.418. The van der Waals surface area contributed by atoms with Crippen LogP contribution in [0.15, 0.2) is 42.0 Å². The summed E-state index contributed by atoms with van der Waals surface area (Å²) in [6.07, 6.45) is 17.0. The van der Waals surface area contributed by atoms with Gasteiger partial charge in [0, 0.05) is 36.2 Å². The van der Waals surface area contributed by atoms with Crippen molar-refractivity contribution in [3.8, 4) is 0 Å². The highest BCUT2D eigenvalue weighted by atomic mass is 32.2. The first kappa shape index (κ1) is 25.9. The number of aromatic nitrogens is 1. The maximum atomic E-state index is 11.8. The lowest BCUT2D eigenvalue weighted by atomic mass is 9.93. The number of hydrogen-bond acceptors (Lipinski definition) is 6. The molecule has 4 rings (SSSR count). The number of carbonyl (C=O) groups excluding carboxylic acids is 1. The van der Waals surface area contributed by atoms with Crippen LogP contribution in [0.1, 0.15) is 63.9 Å². The number of fused-ring (bicyclic) bond motifs is 1. The SMILES string of the molecule is CCOC(=O)CC1CNC(c2cc3c([nH]2)=C(NCC(C)(O)CC2=CC=CC(C)CC=C2)CCC=3)S1. The van der Waals surface area contributed by atoms with Crippen LogP contribution in [0.4, 0.5) is 0 Å². The van der Waals surface area contributed by atoms with Gasteiger partial charge >= 0.3 is 5.97 Å². The summed E-state index contributed by atoms with van der Waals surface area (Å²) in [6.45, 7) is 7.65. The quantitative estimate of drug-likeness (QED) is 0.392. The van der Waals surface area contributed by atoms with E-state index in [1.54, 1.807) is 11.8 Å². The second-order valence-corrected chi connectivity index (χ2v) is 11.5. The summed E-state index contributed by atoms with van der Waals surface area (Å²) in [5, 5.41) is 20.9. The Hall–Kier alpha value is -2.22. The van der Waals surface area contributed by atoms with Crippen molar-refractivity contribution in [2.24, 2.45) is 5.92 Å². The van der Waals surface area contributed by atoms with Crippen LogP contribution >= 0.6 is 11.8 Å². The highest BCUT2D eigenvalue weighted by Crippen LogP contribution is 2.35. The van der Waals surface area contributed by atoms with E-state index in [1.165, 1.54) is 5.22 Å². The number of hydrogen-bond donors (Lipinski definition) is 4. The number of thioether (sulfide) groups is 1. The van der Waals surface area contributed by atoms with E-state index in [2.05, 4.69) is 65.1 Å². The number of allylic oxidation sites excluding steroid dienone is 5. The molecule has 0 amide bonds. The van der Waals surface area contributed by atoms with Crippen LogP contribution in [0.5, 0.6) is 0 Å². The molecule has 0 saturated carbocycles. The molecule has 1 aliphatic heterocycles. The second-order valence-electron chi connectivity index (χ2n) is 10.1. The summed E-state index contributed by atoms with van der Waals surface area (Å²) in [6, 6.07) is 2.21. The van der Waals surface area contributed by atoms with Gasteiger partial charge in [-0.05, 0) is 55.9 Å². The van der Waals surface area contributed by atoms with E-state index in [4.69, 9.17) is 4.74 Å². The number of H-pyrrole nitrogens is 1. The third-order valence-electron chi connectivity index (χ3n) is 6.63.